The van der Waals surface area contributed by atoms with Crippen LogP contribution in [0.1, 0.15) is 78.2 Å². The number of unbranched alkanes of at least 4 members (excludes halogenated alkanes) is 5. The first-order valence-corrected chi connectivity index (χ1v) is 9.42. The molecule has 130 valence electrons. The van der Waals surface area contributed by atoms with Gasteiger partial charge in [0, 0.05) is 0 Å². The number of phenols is 1. The summed E-state index contributed by atoms with van der Waals surface area (Å²) in [5, 5.41) is 9.44. The van der Waals surface area contributed by atoms with E-state index in [1.165, 1.54) is 56.1 Å². The van der Waals surface area contributed by atoms with Gasteiger partial charge in [-0.1, -0.05) is 76.2 Å². The second-order valence-electron chi connectivity index (χ2n) is 7.41. The van der Waals surface area contributed by atoms with Gasteiger partial charge < -0.3 is 5.11 Å². The van der Waals surface area contributed by atoms with Crippen molar-refractivity contribution in [2.45, 2.75) is 79.1 Å². The number of benzene rings is 1. The molecule has 0 aliphatic rings. The Hall–Kier alpha value is -1.24. The molecule has 23 heavy (non-hydrogen) atoms. The van der Waals surface area contributed by atoms with E-state index in [-0.39, 0.29) is 0 Å². The van der Waals surface area contributed by atoms with Gasteiger partial charge in [-0.2, -0.15) is 0 Å². The van der Waals surface area contributed by atoms with Crippen LogP contribution in [0.2, 0.25) is 0 Å². The summed E-state index contributed by atoms with van der Waals surface area (Å²) < 4.78 is 0. The number of aryl methyl sites for hydroxylation is 1. The Kier molecular flexibility index (Phi) is 9.75. The van der Waals surface area contributed by atoms with Crippen molar-refractivity contribution >= 4 is 0 Å². The van der Waals surface area contributed by atoms with Crippen LogP contribution in [0, 0.1) is 11.8 Å². The largest absolute Gasteiger partial charge is 0.508 e. The lowest BCUT2D eigenvalue weighted by Crippen LogP contribution is -2.05. The van der Waals surface area contributed by atoms with Crippen LogP contribution in [0.3, 0.4) is 0 Å². The Morgan fingerprint density at radius 1 is 1.00 bits per heavy atom. The monoisotopic (exact) mass is 316 g/mol. The van der Waals surface area contributed by atoms with E-state index in [0.717, 1.165) is 12.3 Å². The second-order valence-corrected chi connectivity index (χ2v) is 7.41. The van der Waals surface area contributed by atoms with Gasteiger partial charge in [-0.15, -0.1) is 0 Å². The molecular weight excluding hydrogens is 280 g/mol. The zero-order chi connectivity index (χ0) is 17.1. The van der Waals surface area contributed by atoms with Gasteiger partial charge in [-0.3, -0.25) is 0 Å². The van der Waals surface area contributed by atoms with Crippen LogP contribution < -0.4 is 0 Å². The zero-order valence-corrected chi connectivity index (χ0v) is 15.6. The van der Waals surface area contributed by atoms with E-state index in [2.05, 4.69) is 39.8 Å². The maximum atomic E-state index is 9.44. The SMILES string of the molecule is CC(C)=CC(C)C(C)CCCCCCCCc1cccc(O)c1. The molecule has 0 saturated heterocycles. The van der Waals surface area contributed by atoms with Crippen LogP contribution in [-0.4, -0.2) is 5.11 Å². The van der Waals surface area contributed by atoms with Crippen molar-refractivity contribution in [2.75, 3.05) is 0 Å². The fraction of sp³-hybridized carbons (Fsp3) is 0.636. The van der Waals surface area contributed by atoms with Crippen molar-refractivity contribution in [2.24, 2.45) is 11.8 Å². The summed E-state index contributed by atoms with van der Waals surface area (Å²) in [5.41, 5.74) is 2.70. The van der Waals surface area contributed by atoms with Gasteiger partial charge in [-0.05, 0) is 56.2 Å². The van der Waals surface area contributed by atoms with Crippen LogP contribution in [0.25, 0.3) is 0 Å². The van der Waals surface area contributed by atoms with Crippen molar-refractivity contribution in [1.29, 1.82) is 0 Å². The third-order valence-corrected chi connectivity index (χ3v) is 4.78. The second kappa shape index (κ2) is 11.3. The maximum Gasteiger partial charge on any atom is 0.115 e. The normalized spacial score (nSPS) is 13.6. The molecule has 0 radical (unpaired) electrons. The lowest BCUT2D eigenvalue weighted by atomic mass is 9.89. The lowest BCUT2D eigenvalue weighted by Gasteiger charge is -2.17. The summed E-state index contributed by atoms with van der Waals surface area (Å²) in [7, 11) is 0. The highest BCUT2D eigenvalue weighted by molar-refractivity contribution is 5.27. The molecule has 0 heterocycles. The minimum absolute atomic E-state index is 0.388. The van der Waals surface area contributed by atoms with E-state index in [1.54, 1.807) is 6.07 Å². The Morgan fingerprint density at radius 2 is 1.65 bits per heavy atom. The quantitative estimate of drug-likeness (QED) is 0.347. The van der Waals surface area contributed by atoms with Gasteiger partial charge >= 0.3 is 0 Å². The van der Waals surface area contributed by atoms with E-state index < -0.39 is 0 Å². The number of hydrogen-bond donors (Lipinski definition) is 1. The average molecular weight is 317 g/mol. The summed E-state index contributed by atoms with van der Waals surface area (Å²) in [6.07, 6.45) is 12.8. The van der Waals surface area contributed by atoms with Gasteiger partial charge in [0.1, 0.15) is 5.75 Å². The Bertz CT molecular complexity index is 457. The number of allylic oxidation sites excluding steroid dienone is 2. The van der Waals surface area contributed by atoms with Crippen LogP contribution >= 0.6 is 0 Å². The molecule has 0 fully saturated rings. The van der Waals surface area contributed by atoms with Gasteiger partial charge in [0.25, 0.3) is 0 Å². The maximum absolute atomic E-state index is 9.44. The third-order valence-electron chi connectivity index (χ3n) is 4.78. The lowest BCUT2D eigenvalue weighted by molar-refractivity contribution is 0.403. The molecule has 1 N–H and O–H groups in total. The minimum atomic E-state index is 0.388. The standard InChI is InChI=1S/C22H36O/c1-18(2)16-20(4)19(3)12-9-7-5-6-8-10-13-21-14-11-15-22(23)17-21/h11,14-17,19-20,23H,5-10,12-13H2,1-4H3. The zero-order valence-electron chi connectivity index (χ0n) is 15.6. The highest BCUT2D eigenvalue weighted by atomic mass is 16.3. The van der Waals surface area contributed by atoms with Crippen LogP contribution in [0.5, 0.6) is 5.75 Å². The van der Waals surface area contributed by atoms with Gasteiger partial charge in [0.05, 0.1) is 0 Å². The van der Waals surface area contributed by atoms with E-state index in [0.29, 0.717) is 11.7 Å². The Balaban J connectivity index is 2.00. The molecule has 1 nitrogen and oxygen atoms in total. The summed E-state index contributed by atoms with van der Waals surface area (Å²) in [6.45, 7) is 9.12. The molecule has 1 heteroatoms. The van der Waals surface area contributed by atoms with E-state index in [4.69, 9.17) is 0 Å². The first-order chi connectivity index (χ1) is 11.0. The van der Waals surface area contributed by atoms with Crippen LogP contribution in [-0.2, 0) is 6.42 Å². The molecule has 0 aliphatic heterocycles. The van der Waals surface area contributed by atoms with Crippen molar-refractivity contribution in [3.05, 3.63) is 41.5 Å². The molecule has 2 atom stereocenters. The van der Waals surface area contributed by atoms with Gasteiger partial charge in [0.15, 0.2) is 0 Å². The smallest absolute Gasteiger partial charge is 0.115 e. The van der Waals surface area contributed by atoms with Crippen molar-refractivity contribution in [1.82, 2.24) is 0 Å². The average Bonchev–Trinajstić information content (AvgIpc) is 2.49. The van der Waals surface area contributed by atoms with Crippen LogP contribution in [0.15, 0.2) is 35.9 Å². The minimum Gasteiger partial charge on any atom is -0.508 e. The van der Waals surface area contributed by atoms with Gasteiger partial charge in [-0.25, -0.2) is 0 Å². The molecular formula is C22H36O. The molecule has 0 aromatic heterocycles. The first-order valence-electron chi connectivity index (χ1n) is 9.42. The molecule has 0 saturated carbocycles. The van der Waals surface area contributed by atoms with Crippen molar-refractivity contribution in [3.63, 3.8) is 0 Å². The first kappa shape index (κ1) is 19.8. The van der Waals surface area contributed by atoms with Crippen molar-refractivity contribution in [3.8, 4) is 5.75 Å². The van der Waals surface area contributed by atoms with E-state index in [1.807, 2.05) is 12.1 Å². The molecule has 0 spiro atoms. The number of phenolic OH excluding ortho intramolecular Hbond substituents is 1. The molecule has 1 rings (SSSR count). The number of hydrogen-bond acceptors (Lipinski definition) is 1. The molecule has 0 aliphatic carbocycles. The Morgan fingerprint density at radius 3 is 2.30 bits per heavy atom. The third kappa shape index (κ3) is 9.48. The van der Waals surface area contributed by atoms with E-state index >= 15 is 0 Å². The molecule has 0 amide bonds. The summed E-state index contributed by atoms with van der Waals surface area (Å²) in [4.78, 5) is 0. The molecule has 0 bridgehead atoms. The predicted octanol–water partition coefficient (Wildman–Crippen LogP) is 6.90. The molecule has 1 aromatic carbocycles. The number of aromatic hydroxyl groups is 1. The van der Waals surface area contributed by atoms with E-state index in [9.17, 15) is 5.11 Å². The predicted molar refractivity (Wildman–Crippen MR) is 102 cm³/mol. The fourth-order valence-electron chi connectivity index (χ4n) is 3.17. The topological polar surface area (TPSA) is 20.2 Å². The van der Waals surface area contributed by atoms with Crippen LogP contribution in [0.4, 0.5) is 0 Å². The Labute approximate surface area is 143 Å². The summed E-state index contributed by atoms with van der Waals surface area (Å²) >= 11 is 0. The fourth-order valence-corrected chi connectivity index (χ4v) is 3.17. The summed E-state index contributed by atoms with van der Waals surface area (Å²) in [5.74, 6) is 1.90. The van der Waals surface area contributed by atoms with Crippen molar-refractivity contribution < 1.29 is 5.11 Å². The highest BCUT2D eigenvalue weighted by Crippen LogP contribution is 2.21. The van der Waals surface area contributed by atoms with Gasteiger partial charge in [0.2, 0.25) is 0 Å². The summed E-state index contributed by atoms with van der Waals surface area (Å²) in [6, 6.07) is 7.66. The molecule has 1 aromatic rings. The highest BCUT2D eigenvalue weighted by Gasteiger charge is 2.08. The molecule has 2 unspecified atom stereocenters. The number of rotatable bonds is 11.